The van der Waals surface area contributed by atoms with Gasteiger partial charge in [0.05, 0.1) is 12.2 Å². The fraction of sp³-hybridized carbons (Fsp3) is 0.200. The van der Waals surface area contributed by atoms with E-state index in [9.17, 15) is 18.0 Å². The Balaban J connectivity index is 2.11. The number of hydrogen-bond donors (Lipinski definition) is 1. The molecule has 0 aliphatic rings. The van der Waals surface area contributed by atoms with E-state index in [1.54, 1.807) is 28.0 Å². The molecule has 0 radical (unpaired) electrons. The van der Waals surface area contributed by atoms with E-state index in [-0.39, 0.29) is 6.54 Å². The van der Waals surface area contributed by atoms with Gasteiger partial charge in [-0.25, -0.2) is 4.98 Å². The summed E-state index contributed by atoms with van der Waals surface area (Å²) in [6, 6.07) is 3.19. The summed E-state index contributed by atoms with van der Waals surface area (Å²) in [7, 11) is 0. The normalized spacial score (nSPS) is 11.8. The van der Waals surface area contributed by atoms with Crippen molar-refractivity contribution in [2.45, 2.75) is 12.7 Å². The minimum absolute atomic E-state index is 0.294. The first-order valence-corrected chi connectivity index (χ1v) is 5.22. The topological polar surface area (TPSA) is 46.4 Å². The lowest BCUT2D eigenvalue weighted by Gasteiger charge is -2.05. The van der Waals surface area contributed by atoms with Gasteiger partial charge < -0.3 is 9.72 Å². The zero-order valence-corrected chi connectivity index (χ0v) is 9.59. The first kappa shape index (κ1) is 12.7. The minimum atomic E-state index is -4.89. The lowest BCUT2D eigenvalue weighted by molar-refractivity contribution is -0.173. The first-order chi connectivity index (χ1) is 8.36. The van der Waals surface area contributed by atoms with Crippen molar-refractivity contribution in [3.05, 3.63) is 35.2 Å². The summed E-state index contributed by atoms with van der Waals surface area (Å²) in [5, 5.41) is 2.21. The van der Waals surface area contributed by atoms with Crippen LogP contribution in [-0.2, 0) is 11.3 Å². The van der Waals surface area contributed by atoms with E-state index in [1.165, 1.54) is 6.20 Å². The second-order valence-corrected chi connectivity index (χ2v) is 3.96. The van der Waals surface area contributed by atoms with Crippen molar-refractivity contribution in [2.75, 3.05) is 0 Å². The van der Waals surface area contributed by atoms with Gasteiger partial charge in [0.15, 0.2) is 0 Å². The number of rotatable bonds is 2. The van der Waals surface area contributed by atoms with Crippen molar-refractivity contribution in [1.29, 1.82) is 0 Å². The molecular weight excluding hydrogens is 271 g/mol. The molecule has 0 aliphatic heterocycles. The number of imidazole rings is 1. The first-order valence-electron chi connectivity index (χ1n) is 4.84. The van der Waals surface area contributed by atoms with E-state index in [2.05, 4.69) is 4.98 Å². The average molecular weight is 278 g/mol. The number of nitrogens with zero attached hydrogens (tertiary/aromatic N) is 2. The SMILES string of the molecule is O=C(NCc1cn2ccc(Cl)cc2n1)C(F)(F)F. The van der Waals surface area contributed by atoms with Crippen LogP contribution in [0.25, 0.3) is 5.65 Å². The van der Waals surface area contributed by atoms with E-state index in [4.69, 9.17) is 11.6 Å². The van der Waals surface area contributed by atoms with E-state index in [0.717, 1.165) is 0 Å². The second kappa shape index (κ2) is 4.49. The molecule has 2 aromatic rings. The maximum atomic E-state index is 12.0. The lowest BCUT2D eigenvalue weighted by atomic mass is 10.4. The van der Waals surface area contributed by atoms with Crippen LogP contribution in [0, 0.1) is 0 Å². The molecule has 0 saturated heterocycles. The van der Waals surface area contributed by atoms with Gasteiger partial charge in [-0.2, -0.15) is 13.2 Å². The molecule has 2 aromatic heterocycles. The smallest absolute Gasteiger partial charge is 0.343 e. The summed E-state index contributed by atoms with van der Waals surface area (Å²) in [6.07, 6.45) is -1.75. The molecule has 96 valence electrons. The molecule has 1 amide bonds. The molecular formula is C10H7ClF3N3O. The van der Waals surface area contributed by atoms with Gasteiger partial charge in [-0.05, 0) is 12.1 Å². The molecule has 18 heavy (non-hydrogen) atoms. The third-order valence-electron chi connectivity index (χ3n) is 2.16. The molecule has 0 saturated carbocycles. The van der Waals surface area contributed by atoms with Gasteiger partial charge in [0, 0.05) is 17.4 Å². The summed E-state index contributed by atoms with van der Waals surface area (Å²) < 4.78 is 37.5. The Kier molecular flexibility index (Phi) is 3.16. The Labute approximate surface area is 104 Å². The molecule has 0 spiro atoms. The van der Waals surface area contributed by atoms with Crippen molar-refractivity contribution in [2.24, 2.45) is 0 Å². The number of halogens is 4. The number of hydrogen-bond acceptors (Lipinski definition) is 2. The average Bonchev–Trinajstić information content (AvgIpc) is 2.66. The summed E-state index contributed by atoms with van der Waals surface area (Å²) in [5.74, 6) is -1.99. The largest absolute Gasteiger partial charge is 0.471 e. The number of carbonyl (C=O) groups is 1. The van der Waals surface area contributed by atoms with E-state index in [1.807, 2.05) is 0 Å². The van der Waals surface area contributed by atoms with Crippen LogP contribution in [0.1, 0.15) is 5.69 Å². The highest BCUT2D eigenvalue weighted by Gasteiger charge is 2.38. The van der Waals surface area contributed by atoms with Crippen molar-refractivity contribution in [1.82, 2.24) is 14.7 Å². The molecule has 0 aliphatic carbocycles. The van der Waals surface area contributed by atoms with Crippen molar-refractivity contribution < 1.29 is 18.0 Å². The molecule has 8 heteroatoms. The Morgan fingerprint density at radius 2 is 2.22 bits per heavy atom. The zero-order chi connectivity index (χ0) is 13.3. The van der Waals surface area contributed by atoms with E-state index < -0.39 is 12.1 Å². The lowest BCUT2D eigenvalue weighted by Crippen LogP contribution is -2.36. The predicted molar refractivity (Wildman–Crippen MR) is 58.1 cm³/mol. The molecule has 2 rings (SSSR count). The van der Waals surface area contributed by atoms with Crippen LogP contribution in [0.2, 0.25) is 5.02 Å². The molecule has 4 nitrogen and oxygen atoms in total. The van der Waals surface area contributed by atoms with Gasteiger partial charge in [0.2, 0.25) is 0 Å². The van der Waals surface area contributed by atoms with Gasteiger partial charge >= 0.3 is 12.1 Å². The Morgan fingerprint density at radius 1 is 1.50 bits per heavy atom. The summed E-state index contributed by atoms with van der Waals surface area (Å²) in [5.41, 5.74) is 0.814. The summed E-state index contributed by atoms with van der Waals surface area (Å²) in [6.45, 7) is -0.294. The molecule has 1 N–H and O–H groups in total. The van der Waals surface area contributed by atoms with Crippen LogP contribution in [0.15, 0.2) is 24.5 Å². The van der Waals surface area contributed by atoms with Crippen LogP contribution in [-0.4, -0.2) is 21.5 Å². The zero-order valence-electron chi connectivity index (χ0n) is 8.83. The van der Waals surface area contributed by atoms with Gasteiger partial charge in [-0.3, -0.25) is 4.79 Å². The predicted octanol–water partition coefficient (Wildman–Crippen LogP) is 2.17. The van der Waals surface area contributed by atoms with Crippen LogP contribution >= 0.6 is 11.6 Å². The van der Waals surface area contributed by atoms with Crippen LogP contribution in [0.3, 0.4) is 0 Å². The Morgan fingerprint density at radius 3 is 2.89 bits per heavy atom. The Bertz CT molecular complexity index is 594. The number of alkyl halides is 3. The fourth-order valence-electron chi connectivity index (χ4n) is 1.37. The third-order valence-corrected chi connectivity index (χ3v) is 2.39. The van der Waals surface area contributed by atoms with Crippen molar-refractivity contribution >= 4 is 23.2 Å². The third kappa shape index (κ3) is 2.73. The molecule has 2 heterocycles. The highest BCUT2D eigenvalue weighted by atomic mass is 35.5. The monoisotopic (exact) mass is 277 g/mol. The van der Waals surface area contributed by atoms with Gasteiger partial charge in [0.25, 0.3) is 0 Å². The second-order valence-electron chi connectivity index (χ2n) is 3.52. The van der Waals surface area contributed by atoms with Gasteiger partial charge in [0.1, 0.15) is 5.65 Å². The van der Waals surface area contributed by atoms with E-state index >= 15 is 0 Å². The fourth-order valence-corrected chi connectivity index (χ4v) is 1.52. The van der Waals surface area contributed by atoms with Gasteiger partial charge in [-0.1, -0.05) is 11.6 Å². The summed E-state index contributed by atoms with van der Waals surface area (Å²) in [4.78, 5) is 14.6. The van der Waals surface area contributed by atoms with Gasteiger partial charge in [-0.15, -0.1) is 0 Å². The van der Waals surface area contributed by atoms with Crippen LogP contribution in [0.4, 0.5) is 13.2 Å². The molecule has 0 unspecified atom stereocenters. The van der Waals surface area contributed by atoms with Crippen LogP contribution in [0.5, 0.6) is 0 Å². The number of nitrogens with one attached hydrogen (secondary N) is 1. The number of carbonyl (C=O) groups excluding carboxylic acids is 1. The Hall–Kier alpha value is -1.76. The number of pyridine rings is 1. The number of aromatic nitrogens is 2. The quantitative estimate of drug-likeness (QED) is 0.914. The highest BCUT2D eigenvalue weighted by molar-refractivity contribution is 6.30. The number of amides is 1. The minimum Gasteiger partial charge on any atom is -0.343 e. The maximum absolute atomic E-state index is 12.0. The molecule has 0 aromatic carbocycles. The molecule has 0 atom stereocenters. The number of fused-ring (bicyclic) bond motifs is 1. The molecule has 0 fully saturated rings. The van der Waals surface area contributed by atoms with Crippen LogP contribution < -0.4 is 5.32 Å². The maximum Gasteiger partial charge on any atom is 0.471 e. The summed E-state index contributed by atoms with van der Waals surface area (Å²) >= 11 is 5.74. The highest BCUT2D eigenvalue weighted by Crippen LogP contribution is 2.15. The van der Waals surface area contributed by atoms with Crippen molar-refractivity contribution in [3.63, 3.8) is 0 Å². The van der Waals surface area contributed by atoms with E-state index in [0.29, 0.717) is 16.4 Å². The molecule has 0 bridgehead atoms. The standard InChI is InChI=1S/C10H7ClF3N3O/c11-6-1-2-17-5-7(16-8(17)3-6)4-15-9(18)10(12,13)14/h1-3,5H,4H2,(H,15,18). The van der Waals surface area contributed by atoms with Crippen molar-refractivity contribution in [3.8, 4) is 0 Å².